The average molecular weight is 401 g/mol. The van der Waals surface area contributed by atoms with E-state index in [-0.39, 0.29) is 17.8 Å². The Balaban J connectivity index is 1.77. The second kappa shape index (κ2) is 7.93. The van der Waals surface area contributed by atoms with Gasteiger partial charge < -0.3 is 5.32 Å². The van der Waals surface area contributed by atoms with Crippen molar-refractivity contribution < 1.29 is 17.6 Å². The Morgan fingerprint density at radius 3 is 2.29 bits per heavy atom. The normalized spacial score (nSPS) is 15.6. The lowest BCUT2D eigenvalue weighted by atomic mass is 10.1. The summed E-state index contributed by atoms with van der Waals surface area (Å²) < 4.78 is 42.4. The van der Waals surface area contributed by atoms with E-state index >= 15 is 0 Å². The first-order chi connectivity index (χ1) is 13.2. The molecular weight excluding hydrogens is 381 g/mol. The van der Waals surface area contributed by atoms with E-state index in [0.29, 0.717) is 12.1 Å². The Morgan fingerprint density at radius 2 is 1.64 bits per heavy atom. The summed E-state index contributed by atoms with van der Waals surface area (Å²) in [4.78, 5) is 12.6. The molecule has 0 unspecified atom stereocenters. The summed E-state index contributed by atoms with van der Waals surface area (Å²) in [6, 6.07) is 13.2. The number of benzene rings is 2. The van der Waals surface area contributed by atoms with Crippen LogP contribution in [0.4, 0.5) is 4.39 Å². The van der Waals surface area contributed by atoms with Gasteiger partial charge in [0.15, 0.2) is 0 Å². The first kappa shape index (κ1) is 19.8. The quantitative estimate of drug-likeness (QED) is 0.837. The van der Waals surface area contributed by atoms with Gasteiger partial charge in [-0.15, -0.1) is 4.40 Å². The lowest BCUT2D eigenvalue weighted by Gasteiger charge is -2.23. The van der Waals surface area contributed by atoms with Gasteiger partial charge in [-0.05, 0) is 37.1 Å². The highest BCUT2D eigenvalue weighted by Crippen LogP contribution is 2.20. The van der Waals surface area contributed by atoms with Gasteiger partial charge in [0.1, 0.15) is 5.82 Å². The van der Waals surface area contributed by atoms with Crippen LogP contribution in [0.25, 0.3) is 0 Å². The predicted molar refractivity (Wildman–Crippen MR) is 105 cm³/mol. The molecule has 6 nitrogen and oxygen atoms in total. The number of nitrogens with zero attached hydrogens (tertiary/aromatic N) is 2. The standard InChI is InChI=1S/C20H20FN3O3S/c1-14-3-5-16(6-4-14)11-22-20(25)19-13-24(28(26,27)23-15(19)2)12-17-7-9-18(21)10-8-17/h3-10,13H,11-12H2,1-2H3,(H,22,25). The van der Waals surface area contributed by atoms with E-state index in [0.717, 1.165) is 15.4 Å². The van der Waals surface area contributed by atoms with Crippen molar-refractivity contribution in [3.05, 3.63) is 82.8 Å². The Morgan fingerprint density at radius 1 is 1.04 bits per heavy atom. The van der Waals surface area contributed by atoms with Gasteiger partial charge in [-0.25, -0.2) is 4.39 Å². The first-order valence-electron chi connectivity index (χ1n) is 8.63. The van der Waals surface area contributed by atoms with Crippen LogP contribution in [0.3, 0.4) is 0 Å². The molecule has 0 aliphatic carbocycles. The van der Waals surface area contributed by atoms with Crippen LogP contribution in [0, 0.1) is 12.7 Å². The minimum atomic E-state index is -3.95. The molecule has 0 saturated heterocycles. The highest BCUT2D eigenvalue weighted by Gasteiger charge is 2.28. The largest absolute Gasteiger partial charge is 0.348 e. The van der Waals surface area contributed by atoms with E-state index in [1.807, 2.05) is 31.2 Å². The summed E-state index contributed by atoms with van der Waals surface area (Å²) >= 11 is 0. The minimum absolute atomic E-state index is 0.0475. The third kappa shape index (κ3) is 4.64. The summed E-state index contributed by atoms with van der Waals surface area (Å²) in [5.41, 5.74) is 2.92. The maximum atomic E-state index is 13.1. The second-order valence-corrected chi connectivity index (χ2v) is 8.08. The lowest BCUT2D eigenvalue weighted by Crippen LogP contribution is -2.35. The van der Waals surface area contributed by atoms with E-state index in [1.54, 1.807) is 0 Å². The Labute approximate surface area is 163 Å². The third-order valence-electron chi connectivity index (χ3n) is 4.28. The number of nitrogens with one attached hydrogen (secondary N) is 1. The number of carbonyl (C=O) groups excluding carboxylic acids is 1. The fraction of sp³-hybridized carbons (Fsp3) is 0.200. The molecule has 0 bridgehead atoms. The summed E-state index contributed by atoms with van der Waals surface area (Å²) in [5, 5.41) is 2.78. The van der Waals surface area contributed by atoms with Gasteiger partial charge in [0.25, 0.3) is 5.91 Å². The van der Waals surface area contributed by atoms with Gasteiger partial charge in [-0.1, -0.05) is 42.0 Å². The zero-order valence-electron chi connectivity index (χ0n) is 15.5. The maximum Gasteiger partial charge on any atom is 0.344 e. The first-order valence-corrected chi connectivity index (χ1v) is 10.0. The number of aryl methyl sites for hydroxylation is 1. The minimum Gasteiger partial charge on any atom is -0.348 e. The Bertz CT molecular complexity index is 1040. The highest BCUT2D eigenvalue weighted by molar-refractivity contribution is 7.88. The Kier molecular flexibility index (Phi) is 5.60. The van der Waals surface area contributed by atoms with Crippen molar-refractivity contribution in [3.8, 4) is 0 Å². The van der Waals surface area contributed by atoms with Crippen LogP contribution in [-0.4, -0.2) is 24.3 Å². The van der Waals surface area contributed by atoms with E-state index in [1.165, 1.54) is 37.4 Å². The van der Waals surface area contributed by atoms with Crippen LogP contribution in [0.15, 0.2) is 64.7 Å². The second-order valence-electron chi connectivity index (χ2n) is 6.54. The smallest absolute Gasteiger partial charge is 0.344 e. The van der Waals surface area contributed by atoms with Crippen LogP contribution < -0.4 is 5.32 Å². The van der Waals surface area contributed by atoms with Crippen molar-refractivity contribution in [2.45, 2.75) is 26.9 Å². The summed E-state index contributed by atoms with van der Waals surface area (Å²) in [6.07, 6.45) is 1.27. The summed E-state index contributed by atoms with van der Waals surface area (Å²) in [5.74, 6) is -0.827. The lowest BCUT2D eigenvalue weighted by molar-refractivity contribution is -0.117. The molecule has 1 amide bonds. The molecule has 0 saturated carbocycles. The van der Waals surface area contributed by atoms with Crippen molar-refractivity contribution in [1.82, 2.24) is 9.62 Å². The molecule has 1 aliphatic heterocycles. The van der Waals surface area contributed by atoms with Gasteiger partial charge in [0.2, 0.25) is 0 Å². The fourth-order valence-electron chi connectivity index (χ4n) is 2.68. The molecule has 0 aromatic heterocycles. The van der Waals surface area contributed by atoms with Gasteiger partial charge in [0, 0.05) is 12.7 Å². The molecule has 0 fully saturated rings. The van der Waals surface area contributed by atoms with Crippen molar-refractivity contribution in [1.29, 1.82) is 0 Å². The van der Waals surface area contributed by atoms with E-state index in [2.05, 4.69) is 9.71 Å². The molecule has 0 spiro atoms. The SMILES string of the molecule is CC1=NS(=O)(=O)N(Cc2ccc(F)cc2)C=C1C(=O)NCc1ccc(C)cc1. The van der Waals surface area contributed by atoms with Gasteiger partial charge in [0.05, 0.1) is 17.8 Å². The molecule has 1 aliphatic rings. The predicted octanol–water partition coefficient (Wildman–Crippen LogP) is 2.86. The average Bonchev–Trinajstić information content (AvgIpc) is 2.64. The number of amides is 1. The number of halogens is 1. The number of hydrogen-bond acceptors (Lipinski definition) is 3. The zero-order chi connectivity index (χ0) is 20.3. The maximum absolute atomic E-state index is 13.1. The molecule has 146 valence electrons. The van der Waals surface area contributed by atoms with Crippen LogP contribution in [-0.2, 0) is 28.1 Å². The fourth-order valence-corrected chi connectivity index (χ4v) is 3.78. The third-order valence-corrected chi connectivity index (χ3v) is 5.61. The number of hydrogen-bond donors (Lipinski definition) is 1. The molecule has 0 atom stereocenters. The van der Waals surface area contributed by atoms with Gasteiger partial charge in [-0.2, -0.15) is 8.42 Å². The molecule has 2 aromatic rings. The van der Waals surface area contributed by atoms with Crippen LogP contribution in [0.2, 0.25) is 0 Å². The molecular formula is C20H20FN3O3S. The summed E-state index contributed by atoms with van der Waals surface area (Å²) in [7, 11) is -3.95. The topological polar surface area (TPSA) is 78.8 Å². The molecule has 8 heteroatoms. The molecule has 3 rings (SSSR count). The van der Waals surface area contributed by atoms with Crippen LogP contribution in [0.5, 0.6) is 0 Å². The van der Waals surface area contributed by atoms with E-state index in [4.69, 9.17) is 0 Å². The van der Waals surface area contributed by atoms with E-state index < -0.39 is 21.9 Å². The van der Waals surface area contributed by atoms with Gasteiger partial charge in [-0.3, -0.25) is 9.10 Å². The summed E-state index contributed by atoms with van der Waals surface area (Å²) in [6.45, 7) is 3.72. The number of carbonyl (C=O) groups is 1. The highest BCUT2D eigenvalue weighted by atomic mass is 32.2. The van der Waals surface area contributed by atoms with Crippen LogP contribution in [0.1, 0.15) is 23.6 Å². The van der Waals surface area contributed by atoms with Crippen molar-refractivity contribution in [3.63, 3.8) is 0 Å². The van der Waals surface area contributed by atoms with E-state index in [9.17, 15) is 17.6 Å². The van der Waals surface area contributed by atoms with Crippen LogP contribution >= 0.6 is 0 Å². The molecule has 28 heavy (non-hydrogen) atoms. The zero-order valence-corrected chi connectivity index (χ0v) is 16.3. The molecule has 1 heterocycles. The molecule has 0 radical (unpaired) electrons. The van der Waals surface area contributed by atoms with Crippen molar-refractivity contribution in [2.24, 2.45) is 4.40 Å². The number of rotatable bonds is 5. The van der Waals surface area contributed by atoms with Crippen molar-refractivity contribution in [2.75, 3.05) is 0 Å². The van der Waals surface area contributed by atoms with Crippen molar-refractivity contribution >= 4 is 21.8 Å². The Hall–Kier alpha value is -3.00. The molecule has 1 N–H and O–H groups in total. The monoisotopic (exact) mass is 401 g/mol. The molecule has 2 aromatic carbocycles. The van der Waals surface area contributed by atoms with Gasteiger partial charge >= 0.3 is 10.2 Å².